The zero-order valence-corrected chi connectivity index (χ0v) is 11.1. The van der Waals surface area contributed by atoms with E-state index in [4.69, 9.17) is 18.0 Å². The van der Waals surface area contributed by atoms with Crippen LogP contribution in [0.15, 0.2) is 35.8 Å². The van der Waals surface area contributed by atoms with E-state index in [9.17, 15) is 0 Å². The summed E-state index contributed by atoms with van der Waals surface area (Å²) >= 11 is 6.76. The molecular weight excluding hydrogens is 250 g/mol. The molecule has 0 radical (unpaired) electrons. The summed E-state index contributed by atoms with van der Waals surface area (Å²) in [6.07, 6.45) is 1.75. The molecule has 2 rings (SSSR count). The van der Waals surface area contributed by atoms with Gasteiger partial charge in [0.15, 0.2) is 0 Å². The van der Waals surface area contributed by atoms with Crippen LogP contribution in [0.5, 0.6) is 0 Å². The fourth-order valence-electron chi connectivity index (χ4n) is 1.60. The summed E-state index contributed by atoms with van der Waals surface area (Å²) in [5, 5.41) is 2.07. The molecule has 3 nitrogen and oxygen atoms in total. The highest BCUT2D eigenvalue weighted by molar-refractivity contribution is 7.80. The molecule has 0 amide bonds. The Bertz CT molecular complexity index is 508. The Kier molecular flexibility index (Phi) is 3.71. The summed E-state index contributed by atoms with van der Waals surface area (Å²) in [4.78, 5) is 8.06. The van der Waals surface area contributed by atoms with E-state index in [2.05, 4.69) is 21.3 Å². The molecule has 0 unspecified atom stereocenters. The predicted molar refractivity (Wildman–Crippen MR) is 76.6 cm³/mol. The van der Waals surface area contributed by atoms with Crippen LogP contribution in [-0.2, 0) is 6.54 Å². The van der Waals surface area contributed by atoms with Crippen molar-refractivity contribution in [1.29, 1.82) is 0 Å². The molecule has 0 bridgehead atoms. The van der Waals surface area contributed by atoms with Gasteiger partial charge in [0.2, 0.25) is 0 Å². The van der Waals surface area contributed by atoms with Gasteiger partial charge in [0.05, 0.1) is 12.1 Å². The van der Waals surface area contributed by atoms with Gasteiger partial charge in [-0.05, 0) is 23.6 Å². The van der Waals surface area contributed by atoms with E-state index in [1.54, 1.807) is 17.5 Å². The molecule has 2 N–H and O–H groups in total. The predicted octanol–water partition coefficient (Wildman–Crippen LogP) is 2.41. The smallest absolute Gasteiger partial charge is 0.138 e. The summed E-state index contributed by atoms with van der Waals surface area (Å²) in [6, 6.07) is 7.89. The third kappa shape index (κ3) is 2.81. The third-order valence-corrected chi connectivity index (χ3v) is 3.47. The minimum Gasteiger partial charge on any atom is -0.389 e. The second-order valence-corrected chi connectivity index (χ2v) is 5.15. The molecule has 0 atom stereocenters. The number of hydrogen-bond donors (Lipinski definition) is 1. The van der Waals surface area contributed by atoms with Crippen LogP contribution >= 0.6 is 23.6 Å². The maximum absolute atomic E-state index is 5.69. The summed E-state index contributed by atoms with van der Waals surface area (Å²) in [5.41, 5.74) is 6.51. The molecule has 2 aromatic rings. The van der Waals surface area contributed by atoms with Crippen molar-refractivity contribution in [2.75, 3.05) is 11.9 Å². The van der Waals surface area contributed by atoms with Crippen molar-refractivity contribution < 1.29 is 0 Å². The first-order valence-electron chi connectivity index (χ1n) is 5.17. The van der Waals surface area contributed by atoms with Crippen LogP contribution in [0.25, 0.3) is 0 Å². The van der Waals surface area contributed by atoms with Gasteiger partial charge in [-0.15, -0.1) is 11.3 Å². The number of anilines is 1. The third-order valence-electron chi connectivity index (χ3n) is 2.39. The van der Waals surface area contributed by atoms with E-state index in [0.717, 1.165) is 17.9 Å². The lowest BCUT2D eigenvalue weighted by Gasteiger charge is -2.19. The number of thiocarbonyl (C=S) groups is 1. The van der Waals surface area contributed by atoms with Crippen LogP contribution in [0.4, 0.5) is 5.82 Å². The molecule has 0 aliphatic carbocycles. The topological polar surface area (TPSA) is 42.2 Å². The molecule has 0 aliphatic heterocycles. The van der Waals surface area contributed by atoms with Crippen molar-refractivity contribution in [2.24, 2.45) is 5.73 Å². The van der Waals surface area contributed by atoms with Crippen molar-refractivity contribution in [3.63, 3.8) is 0 Å². The molecule has 2 heterocycles. The number of thiophene rings is 1. The average molecular weight is 263 g/mol. The highest BCUT2D eigenvalue weighted by Crippen LogP contribution is 2.19. The molecule has 2 aromatic heterocycles. The maximum Gasteiger partial charge on any atom is 0.138 e. The molecule has 0 saturated heterocycles. The highest BCUT2D eigenvalue weighted by atomic mass is 32.1. The number of hydrogen-bond acceptors (Lipinski definition) is 4. The van der Waals surface area contributed by atoms with E-state index in [1.165, 1.54) is 4.88 Å². The van der Waals surface area contributed by atoms with Crippen molar-refractivity contribution >= 4 is 34.4 Å². The average Bonchev–Trinajstić information content (AvgIpc) is 2.81. The minimum atomic E-state index is 0.381. The van der Waals surface area contributed by atoms with Gasteiger partial charge >= 0.3 is 0 Å². The SMILES string of the molecule is CN(Cc1cccs1)c1ncccc1C(N)=S. The molecule has 0 saturated carbocycles. The Morgan fingerprint density at radius 2 is 2.29 bits per heavy atom. The first-order chi connectivity index (χ1) is 8.18. The Labute approximate surface area is 110 Å². The number of aromatic nitrogens is 1. The standard InChI is InChI=1S/C12H13N3S2/c1-15(8-9-4-3-7-17-9)12-10(11(13)16)5-2-6-14-12/h2-7H,8H2,1H3,(H2,13,16). The van der Waals surface area contributed by atoms with Crippen molar-refractivity contribution in [1.82, 2.24) is 4.98 Å². The van der Waals surface area contributed by atoms with Crippen LogP contribution in [0.3, 0.4) is 0 Å². The molecule has 0 aromatic carbocycles. The lowest BCUT2D eigenvalue weighted by molar-refractivity contribution is 0.911. The van der Waals surface area contributed by atoms with Gasteiger partial charge < -0.3 is 10.6 Å². The van der Waals surface area contributed by atoms with Gasteiger partial charge in [-0.1, -0.05) is 18.3 Å². The van der Waals surface area contributed by atoms with Gasteiger partial charge in [0, 0.05) is 18.1 Å². The monoisotopic (exact) mass is 263 g/mol. The quantitative estimate of drug-likeness (QED) is 0.860. The van der Waals surface area contributed by atoms with E-state index < -0.39 is 0 Å². The first-order valence-corrected chi connectivity index (χ1v) is 6.45. The normalized spacial score (nSPS) is 10.2. The Hall–Kier alpha value is -1.46. The van der Waals surface area contributed by atoms with Gasteiger partial charge in [-0.25, -0.2) is 4.98 Å². The Balaban J connectivity index is 2.24. The van der Waals surface area contributed by atoms with Crippen LogP contribution in [-0.4, -0.2) is 17.0 Å². The Morgan fingerprint density at radius 1 is 1.47 bits per heavy atom. The number of nitrogens with two attached hydrogens (primary N) is 1. The zero-order chi connectivity index (χ0) is 12.3. The van der Waals surface area contributed by atoms with Gasteiger partial charge in [0.1, 0.15) is 10.8 Å². The molecule has 17 heavy (non-hydrogen) atoms. The van der Waals surface area contributed by atoms with Gasteiger partial charge in [0.25, 0.3) is 0 Å². The summed E-state index contributed by atoms with van der Waals surface area (Å²) in [6.45, 7) is 0.810. The lowest BCUT2D eigenvalue weighted by atomic mass is 10.2. The fraction of sp³-hybridized carbons (Fsp3) is 0.167. The number of rotatable bonds is 4. The molecule has 0 fully saturated rings. The first kappa shape index (κ1) is 12.0. The molecule has 0 spiro atoms. The van der Waals surface area contributed by atoms with E-state index in [-0.39, 0.29) is 0 Å². The van der Waals surface area contributed by atoms with E-state index in [1.807, 2.05) is 25.2 Å². The second kappa shape index (κ2) is 5.25. The van der Waals surface area contributed by atoms with Crippen LogP contribution in [0, 0.1) is 0 Å². The minimum absolute atomic E-state index is 0.381. The Morgan fingerprint density at radius 3 is 2.94 bits per heavy atom. The fourth-order valence-corrected chi connectivity index (χ4v) is 2.52. The van der Waals surface area contributed by atoms with Crippen LogP contribution < -0.4 is 10.6 Å². The zero-order valence-electron chi connectivity index (χ0n) is 9.46. The highest BCUT2D eigenvalue weighted by Gasteiger charge is 2.11. The van der Waals surface area contributed by atoms with Gasteiger partial charge in [-0.2, -0.15) is 0 Å². The summed E-state index contributed by atoms with van der Waals surface area (Å²) < 4.78 is 0. The summed E-state index contributed by atoms with van der Waals surface area (Å²) in [7, 11) is 1.99. The molecule has 0 aliphatic rings. The maximum atomic E-state index is 5.69. The second-order valence-electron chi connectivity index (χ2n) is 3.67. The van der Waals surface area contributed by atoms with Crippen LogP contribution in [0.1, 0.15) is 10.4 Å². The largest absolute Gasteiger partial charge is 0.389 e. The molecule has 5 heteroatoms. The van der Waals surface area contributed by atoms with E-state index in [0.29, 0.717) is 4.99 Å². The van der Waals surface area contributed by atoms with Crippen LogP contribution in [0.2, 0.25) is 0 Å². The lowest BCUT2D eigenvalue weighted by Crippen LogP contribution is -2.22. The molecular formula is C12H13N3S2. The number of nitrogens with zero attached hydrogens (tertiary/aromatic N) is 2. The molecule has 88 valence electrons. The van der Waals surface area contributed by atoms with Gasteiger partial charge in [-0.3, -0.25) is 0 Å². The van der Waals surface area contributed by atoms with Crippen molar-refractivity contribution in [3.8, 4) is 0 Å². The number of pyridine rings is 1. The van der Waals surface area contributed by atoms with Crippen molar-refractivity contribution in [3.05, 3.63) is 46.3 Å². The van der Waals surface area contributed by atoms with E-state index >= 15 is 0 Å². The van der Waals surface area contributed by atoms with Crippen molar-refractivity contribution in [2.45, 2.75) is 6.54 Å². The summed E-state index contributed by atoms with van der Waals surface area (Å²) in [5.74, 6) is 0.827.